The van der Waals surface area contributed by atoms with Crippen LogP contribution in [0.4, 0.5) is 0 Å². The number of aromatic nitrogens is 2. The maximum Gasteiger partial charge on any atom is 0.264 e. The molecule has 0 saturated carbocycles. The van der Waals surface area contributed by atoms with Crippen molar-refractivity contribution in [3.8, 4) is 0 Å². The van der Waals surface area contributed by atoms with E-state index in [-0.39, 0.29) is 16.2 Å². The number of aromatic amines is 1. The fraction of sp³-hybridized carbons (Fsp3) is 0.316. The number of carbonyl (C=O) groups excluding carboxylic acids is 1. The molecule has 0 saturated heterocycles. The molecule has 0 bridgehead atoms. The number of benzene rings is 1. The lowest BCUT2D eigenvalue weighted by atomic mass is 9.97. The van der Waals surface area contributed by atoms with Gasteiger partial charge in [-0.1, -0.05) is 29.5 Å². The van der Waals surface area contributed by atoms with Crippen LogP contribution in [0.25, 0.3) is 10.2 Å². The summed E-state index contributed by atoms with van der Waals surface area (Å²) in [6, 6.07) is 6.23. The minimum Gasteiger partial charge on any atom is -0.301 e. The van der Waals surface area contributed by atoms with Crippen LogP contribution in [0.15, 0.2) is 39.1 Å². The Morgan fingerprint density at radius 2 is 1.97 bits per heavy atom. The summed E-state index contributed by atoms with van der Waals surface area (Å²) in [6.07, 6.45) is 4.06. The molecule has 0 radical (unpaired) electrons. The van der Waals surface area contributed by atoms with Crippen molar-refractivity contribution in [2.45, 2.75) is 42.7 Å². The topological polar surface area (TPSA) is 109 Å². The van der Waals surface area contributed by atoms with Crippen LogP contribution in [-0.4, -0.2) is 30.0 Å². The third kappa shape index (κ3) is 4.24. The first-order valence-corrected chi connectivity index (χ1v) is 12.4. The standard InChI is InChI=1S/C19H19N3O4S3/c1-11-6-8-12(9-7-11)29(25,26)22-15(23)10-27-19-20-17(24)16-13-4-2-3-5-14(13)28-18(16)21-19/h6-9H,2-5,10H2,1H3,(H,22,23)(H,20,21,24). The molecule has 10 heteroatoms. The van der Waals surface area contributed by atoms with E-state index in [9.17, 15) is 18.0 Å². The average molecular weight is 450 g/mol. The number of fused-ring (bicyclic) bond motifs is 3. The summed E-state index contributed by atoms with van der Waals surface area (Å²) in [6.45, 7) is 1.85. The van der Waals surface area contributed by atoms with Crippen LogP contribution in [0, 0.1) is 6.92 Å². The third-order valence-corrected chi connectivity index (χ3v) is 8.17. The van der Waals surface area contributed by atoms with E-state index in [0.29, 0.717) is 15.4 Å². The summed E-state index contributed by atoms with van der Waals surface area (Å²) >= 11 is 2.54. The van der Waals surface area contributed by atoms with Crippen LogP contribution >= 0.6 is 23.1 Å². The number of thioether (sulfide) groups is 1. The van der Waals surface area contributed by atoms with Gasteiger partial charge in [0.25, 0.3) is 15.6 Å². The number of hydrogen-bond donors (Lipinski definition) is 2. The molecule has 7 nitrogen and oxygen atoms in total. The highest BCUT2D eigenvalue weighted by Crippen LogP contribution is 2.34. The first kappa shape index (κ1) is 20.1. The smallest absolute Gasteiger partial charge is 0.264 e. The molecule has 0 fully saturated rings. The monoisotopic (exact) mass is 449 g/mol. The zero-order valence-corrected chi connectivity index (χ0v) is 18.1. The summed E-state index contributed by atoms with van der Waals surface area (Å²) in [4.78, 5) is 33.8. The van der Waals surface area contributed by atoms with Gasteiger partial charge in [0.1, 0.15) is 4.83 Å². The Kier molecular flexibility index (Phi) is 5.50. The highest BCUT2D eigenvalue weighted by molar-refractivity contribution is 8.00. The molecule has 3 aromatic rings. The molecule has 0 unspecified atom stereocenters. The Bertz CT molecular complexity index is 1240. The lowest BCUT2D eigenvalue weighted by Gasteiger charge is -2.09. The first-order chi connectivity index (χ1) is 13.8. The van der Waals surface area contributed by atoms with E-state index in [1.54, 1.807) is 12.1 Å². The number of carbonyl (C=O) groups is 1. The Hall–Kier alpha value is -2.17. The van der Waals surface area contributed by atoms with E-state index >= 15 is 0 Å². The SMILES string of the molecule is Cc1ccc(S(=O)(=O)NC(=O)CSc2nc3sc4c(c3c(=O)[nH]2)CCCC4)cc1. The van der Waals surface area contributed by atoms with E-state index in [2.05, 4.69) is 9.97 Å². The van der Waals surface area contributed by atoms with Crippen molar-refractivity contribution in [1.29, 1.82) is 0 Å². The number of sulfonamides is 1. The van der Waals surface area contributed by atoms with E-state index in [1.165, 1.54) is 28.3 Å². The molecule has 1 amide bonds. The van der Waals surface area contributed by atoms with Crippen molar-refractivity contribution in [1.82, 2.24) is 14.7 Å². The molecule has 1 aliphatic rings. The minimum atomic E-state index is -3.93. The van der Waals surface area contributed by atoms with Crippen LogP contribution in [0.5, 0.6) is 0 Å². The highest BCUT2D eigenvalue weighted by atomic mass is 32.2. The number of nitrogens with zero attached hydrogens (tertiary/aromatic N) is 1. The molecule has 29 heavy (non-hydrogen) atoms. The van der Waals surface area contributed by atoms with Crippen LogP contribution in [0.2, 0.25) is 0 Å². The molecule has 152 valence electrons. The van der Waals surface area contributed by atoms with E-state index in [4.69, 9.17) is 0 Å². The Morgan fingerprint density at radius 1 is 1.24 bits per heavy atom. The molecule has 0 aliphatic heterocycles. The maximum absolute atomic E-state index is 12.5. The molecule has 2 N–H and O–H groups in total. The van der Waals surface area contributed by atoms with Crippen molar-refractivity contribution < 1.29 is 13.2 Å². The minimum absolute atomic E-state index is 0.0265. The van der Waals surface area contributed by atoms with Crippen LogP contribution in [-0.2, 0) is 27.7 Å². The highest BCUT2D eigenvalue weighted by Gasteiger charge is 2.21. The fourth-order valence-electron chi connectivity index (χ4n) is 3.30. The van der Waals surface area contributed by atoms with Crippen molar-refractivity contribution in [2.75, 3.05) is 5.75 Å². The molecule has 1 aromatic carbocycles. The van der Waals surface area contributed by atoms with E-state index < -0.39 is 15.9 Å². The van der Waals surface area contributed by atoms with Gasteiger partial charge in [0.15, 0.2) is 5.16 Å². The number of thiophene rings is 1. The summed E-state index contributed by atoms with van der Waals surface area (Å²) in [7, 11) is -3.93. The van der Waals surface area contributed by atoms with Crippen molar-refractivity contribution in [3.05, 3.63) is 50.6 Å². The Balaban J connectivity index is 1.47. The second-order valence-electron chi connectivity index (χ2n) is 6.89. The molecule has 2 aromatic heterocycles. The Labute approximate surface area is 176 Å². The largest absolute Gasteiger partial charge is 0.301 e. The van der Waals surface area contributed by atoms with E-state index in [1.807, 2.05) is 11.6 Å². The molecule has 1 aliphatic carbocycles. The van der Waals surface area contributed by atoms with Crippen molar-refractivity contribution >= 4 is 49.2 Å². The quantitative estimate of drug-likeness (QED) is 0.458. The summed E-state index contributed by atoms with van der Waals surface area (Å²) in [5.41, 5.74) is 1.82. The summed E-state index contributed by atoms with van der Waals surface area (Å²) in [5.74, 6) is -0.853. The molecule has 0 atom stereocenters. The number of aryl methyl sites for hydroxylation is 3. The van der Waals surface area contributed by atoms with Gasteiger partial charge in [0.05, 0.1) is 16.0 Å². The van der Waals surface area contributed by atoms with Crippen LogP contribution in [0.3, 0.4) is 0 Å². The number of hydrogen-bond acceptors (Lipinski definition) is 7. The maximum atomic E-state index is 12.5. The second kappa shape index (κ2) is 7.92. The zero-order valence-electron chi connectivity index (χ0n) is 15.6. The van der Waals surface area contributed by atoms with Gasteiger partial charge in [-0.05, 0) is 50.3 Å². The number of amides is 1. The average Bonchev–Trinajstić information content (AvgIpc) is 3.05. The zero-order chi connectivity index (χ0) is 20.6. The van der Waals surface area contributed by atoms with Gasteiger partial charge in [-0.2, -0.15) is 0 Å². The molecular formula is C19H19N3O4S3. The second-order valence-corrected chi connectivity index (χ2v) is 10.6. The van der Waals surface area contributed by atoms with Gasteiger partial charge in [0, 0.05) is 4.88 Å². The normalized spacial score (nSPS) is 14.0. The van der Waals surface area contributed by atoms with Crippen LogP contribution < -0.4 is 10.3 Å². The number of rotatable bonds is 5. The number of H-pyrrole nitrogens is 1. The van der Waals surface area contributed by atoms with Gasteiger partial charge in [0.2, 0.25) is 5.91 Å². The third-order valence-electron chi connectivity index (χ3n) is 4.72. The van der Waals surface area contributed by atoms with Gasteiger partial charge < -0.3 is 4.98 Å². The lowest BCUT2D eigenvalue weighted by molar-refractivity contribution is -0.116. The van der Waals surface area contributed by atoms with E-state index in [0.717, 1.165) is 48.6 Å². The van der Waals surface area contributed by atoms with Gasteiger partial charge in [-0.15, -0.1) is 11.3 Å². The van der Waals surface area contributed by atoms with Crippen molar-refractivity contribution in [2.24, 2.45) is 0 Å². The summed E-state index contributed by atoms with van der Waals surface area (Å²) < 4.78 is 26.6. The predicted octanol–water partition coefficient (Wildman–Crippen LogP) is 2.77. The van der Waals surface area contributed by atoms with Crippen LogP contribution in [0.1, 0.15) is 28.8 Å². The summed E-state index contributed by atoms with van der Waals surface area (Å²) in [5, 5.41) is 0.962. The molecule has 0 spiro atoms. The molecular weight excluding hydrogens is 430 g/mol. The lowest BCUT2D eigenvalue weighted by Crippen LogP contribution is -2.32. The van der Waals surface area contributed by atoms with Crippen molar-refractivity contribution in [3.63, 3.8) is 0 Å². The van der Waals surface area contributed by atoms with Gasteiger partial charge >= 0.3 is 0 Å². The predicted molar refractivity (Wildman–Crippen MR) is 114 cm³/mol. The fourth-order valence-corrected chi connectivity index (χ4v) is 6.36. The molecule has 2 heterocycles. The molecule has 4 rings (SSSR count). The number of nitrogens with one attached hydrogen (secondary N) is 2. The first-order valence-electron chi connectivity index (χ1n) is 9.13. The Morgan fingerprint density at radius 3 is 2.72 bits per heavy atom. The van der Waals surface area contributed by atoms with Gasteiger partial charge in [-0.3, -0.25) is 9.59 Å². The van der Waals surface area contributed by atoms with Gasteiger partial charge in [-0.25, -0.2) is 18.1 Å².